The molecule has 2 N–H and O–H groups in total. The van der Waals surface area contributed by atoms with Crippen LogP contribution in [0.2, 0.25) is 0 Å². The first-order chi connectivity index (χ1) is 8.70. The van der Waals surface area contributed by atoms with Crippen LogP contribution in [-0.2, 0) is 12.2 Å². The Morgan fingerprint density at radius 2 is 2.17 bits per heavy atom. The first-order valence-corrected chi connectivity index (χ1v) is 7.21. The van der Waals surface area contributed by atoms with Crippen LogP contribution < -0.4 is 4.72 Å². The minimum atomic E-state index is 1.00. The van der Waals surface area contributed by atoms with Gasteiger partial charge >= 0.3 is 0 Å². The van der Waals surface area contributed by atoms with E-state index in [2.05, 4.69) is 53.1 Å². The summed E-state index contributed by atoms with van der Waals surface area (Å²) < 4.78 is 3.11. The zero-order chi connectivity index (χ0) is 13.0. The summed E-state index contributed by atoms with van der Waals surface area (Å²) in [6, 6.07) is 6.68. The molecule has 0 atom stereocenters. The van der Waals surface area contributed by atoms with E-state index in [9.17, 15) is 0 Å². The van der Waals surface area contributed by atoms with Gasteiger partial charge < -0.3 is 9.88 Å². The van der Waals surface area contributed by atoms with Crippen LogP contribution in [-0.4, -0.2) is 37.6 Å². The first-order valence-electron chi connectivity index (χ1n) is 6.23. The van der Waals surface area contributed by atoms with Crippen LogP contribution in [0.15, 0.2) is 24.4 Å². The summed E-state index contributed by atoms with van der Waals surface area (Å²) in [6.45, 7) is 1.09. The molecule has 4 heteroatoms. The van der Waals surface area contributed by atoms with Crippen molar-refractivity contribution in [3.05, 3.63) is 35.5 Å². The van der Waals surface area contributed by atoms with Crippen molar-refractivity contribution < 1.29 is 0 Å². The van der Waals surface area contributed by atoms with Crippen LogP contribution in [0.3, 0.4) is 0 Å². The second-order valence-electron chi connectivity index (χ2n) is 4.74. The van der Waals surface area contributed by atoms with Crippen LogP contribution in [0.5, 0.6) is 0 Å². The van der Waals surface area contributed by atoms with E-state index in [1.54, 1.807) is 11.9 Å². The summed E-state index contributed by atoms with van der Waals surface area (Å²) in [5.74, 6) is 1.00. The summed E-state index contributed by atoms with van der Waals surface area (Å²) in [6.07, 6.45) is 3.23. The van der Waals surface area contributed by atoms with Crippen molar-refractivity contribution in [3.63, 3.8) is 0 Å². The van der Waals surface area contributed by atoms with Gasteiger partial charge in [0.15, 0.2) is 0 Å². The van der Waals surface area contributed by atoms with Crippen LogP contribution in [0.25, 0.3) is 10.9 Å². The number of nitrogens with zero attached hydrogens (tertiary/aromatic N) is 1. The maximum atomic E-state index is 3.35. The lowest BCUT2D eigenvalue weighted by Gasteiger charge is -2.08. The molecule has 18 heavy (non-hydrogen) atoms. The molecule has 0 aliphatic rings. The Labute approximate surface area is 113 Å². The van der Waals surface area contributed by atoms with E-state index in [0.29, 0.717) is 0 Å². The van der Waals surface area contributed by atoms with Crippen molar-refractivity contribution >= 4 is 22.9 Å². The predicted molar refractivity (Wildman–Crippen MR) is 80.9 cm³/mol. The number of nitrogens with one attached hydrogen (secondary N) is 2. The highest BCUT2D eigenvalue weighted by molar-refractivity contribution is 7.96. The fourth-order valence-corrected chi connectivity index (χ4v) is 2.51. The fraction of sp³-hybridized carbons (Fsp3) is 0.429. The van der Waals surface area contributed by atoms with Crippen molar-refractivity contribution in [1.82, 2.24) is 14.6 Å². The molecule has 0 bridgehead atoms. The minimum Gasteiger partial charge on any atom is -0.361 e. The predicted octanol–water partition coefficient (Wildman–Crippen LogP) is 2.64. The SMILES string of the molecule is CNSCc1ccc2[nH]cc(CCN(C)C)c2c1. The smallest absolute Gasteiger partial charge is 0.0457 e. The summed E-state index contributed by atoms with van der Waals surface area (Å²) in [5, 5.41) is 1.37. The van der Waals surface area contributed by atoms with E-state index in [0.717, 1.165) is 18.7 Å². The molecule has 0 amide bonds. The third kappa shape index (κ3) is 3.28. The number of fused-ring (bicyclic) bond motifs is 1. The molecule has 0 unspecified atom stereocenters. The van der Waals surface area contributed by atoms with Gasteiger partial charge in [0.2, 0.25) is 0 Å². The van der Waals surface area contributed by atoms with Crippen molar-refractivity contribution in [3.8, 4) is 0 Å². The molecule has 0 saturated heterocycles. The molecule has 1 aromatic carbocycles. The van der Waals surface area contributed by atoms with Crippen LogP contribution in [0, 0.1) is 0 Å². The molecule has 1 heterocycles. The van der Waals surface area contributed by atoms with Crippen LogP contribution in [0.1, 0.15) is 11.1 Å². The van der Waals surface area contributed by atoms with Gasteiger partial charge in [-0.3, -0.25) is 4.72 Å². The molecule has 1 aromatic heterocycles. The van der Waals surface area contributed by atoms with E-state index in [1.807, 2.05) is 7.05 Å². The lowest BCUT2D eigenvalue weighted by molar-refractivity contribution is 0.414. The second-order valence-corrected chi connectivity index (χ2v) is 5.73. The molecule has 0 radical (unpaired) electrons. The highest BCUT2D eigenvalue weighted by Crippen LogP contribution is 2.22. The van der Waals surface area contributed by atoms with Gasteiger partial charge in [-0.1, -0.05) is 18.0 Å². The topological polar surface area (TPSA) is 31.1 Å². The molecule has 0 fully saturated rings. The van der Waals surface area contributed by atoms with Gasteiger partial charge in [-0.25, -0.2) is 0 Å². The molecular weight excluding hydrogens is 242 g/mol. The third-order valence-electron chi connectivity index (χ3n) is 3.04. The number of likely N-dealkylation sites (N-methyl/N-ethyl adjacent to an activating group) is 1. The van der Waals surface area contributed by atoms with E-state index < -0.39 is 0 Å². The number of aromatic amines is 1. The Balaban J connectivity index is 2.20. The summed E-state index contributed by atoms with van der Waals surface area (Å²) in [4.78, 5) is 5.58. The van der Waals surface area contributed by atoms with E-state index in [-0.39, 0.29) is 0 Å². The van der Waals surface area contributed by atoms with Crippen molar-refractivity contribution in [2.24, 2.45) is 0 Å². The maximum Gasteiger partial charge on any atom is 0.0457 e. The first kappa shape index (κ1) is 13.5. The summed E-state index contributed by atoms with van der Waals surface area (Å²) in [7, 11) is 6.19. The number of aromatic nitrogens is 1. The Kier molecular flexibility index (Phi) is 4.69. The third-order valence-corrected chi connectivity index (χ3v) is 3.81. The molecule has 2 aromatic rings. The van der Waals surface area contributed by atoms with Crippen molar-refractivity contribution in [2.45, 2.75) is 12.2 Å². The van der Waals surface area contributed by atoms with Gasteiger partial charge in [0.25, 0.3) is 0 Å². The highest BCUT2D eigenvalue weighted by Gasteiger charge is 2.05. The second kappa shape index (κ2) is 6.27. The molecule has 0 saturated carbocycles. The van der Waals surface area contributed by atoms with Gasteiger partial charge in [-0.2, -0.15) is 0 Å². The Hall–Kier alpha value is -0.970. The largest absolute Gasteiger partial charge is 0.361 e. The molecular formula is C14H21N3S. The Morgan fingerprint density at radius 3 is 2.89 bits per heavy atom. The van der Waals surface area contributed by atoms with E-state index >= 15 is 0 Å². The number of rotatable bonds is 6. The lowest BCUT2D eigenvalue weighted by atomic mass is 10.1. The van der Waals surface area contributed by atoms with E-state index in [1.165, 1.54) is 22.0 Å². The molecule has 0 spiro atoms. The average Bonchev–Trinajstić information content (AvgIpc) is 2.76. The fourth-order valence-electron chi connectivity index (χ4n) is 2.02. The zero-order valence-corrected chi connectivity index (χ0v) is 12.1. The van der Waals surface area contributed by atoms with Gasteiger partial charge in [-0.15, -0.1) is 0 Å². The Morgan fingerprint density at radius 1 is 1.33 bits per heavy atom. The number of benzene rings is 1. The number of H-pyrrole nitrogens is 1. The van der Waals surface area contributed by atoms with Gasteiger partial charge in [-0.05, 0) is 50.8 Å². The van der Waals surface area contributed by atoms with Gasteiger partial charge in [0.05, 0.1) is 0 Å². The quantitative estimate of drug-likeness (QED) is 0.786. The highest BCUT2D eigenvalue weighted by atomic mass is 32.2. The maximum absolute atomic E-state index is 3.35. The van der Waals surface area contributed by atoms with Crippen LogP contribution in [0.4, 0.5) is 0 Å². The average molecular weight is 263 g/mol. The van der Waals surface area contributed by atoms with Crippen LogP contribution >= 0.6 is 11.9 Å². The monoisotopic (exact) mass is 263 g/mol. The zero-order valence-electron chi connectivity index (χ0n) is 11.3. The van der Waals surface area contributed by atoms with E-state index in [4.69, 9.17) is 0 Å². The lowest BCUT2D eigenvalue weighted by Crippen LogP contribution is -2.14. The van der Waals surface area contributed by atoms with Crippen molar-refractivity contribution in [1.29, 1.82) is 0 Å². The normalized spacial score (nSPS) is 11.6. The summed E-state index contributed by atoms with van der Waals surface area (Å²) >= 11 is 1.73. The molecule has 3 nitrogen and oxygen atoms in total. The van der Waals surface area contributed by atoms with Gasteiger partial charge in [0.1, 0.15) is 0 Å². The molecule has 0 aliphatic carbocycles. The minimum absolute atomic E-state index is 1.00. The standard InChI is InChI=1S/C14H21N3S/c1-15-18-10-11-4-5-14-13(8-11)12(9-16-14)6-7-17(2)3/h4-5,8-9,15-16H,6-7,10H2,1-3H3. The number of hydrogen-bond acceptors (Lipinski definition) is 3. The van der Waals surface area contributed by atoms with Gasteiger partial charge in [0, 0.05) is 29.4 Å². The van der Waals surface area contributed by atoms with Crippen molar-refractivity contribution in [2.75, 3.05) is 27.7 Å². The molecule has 98 valence electrons. The number of hydrogen-bond donors (Lipinski definition) is 2. The Bertz CT molecular complexity index is 505. The molecule has 2 rings (SSSR count). The summed E-state index contributed by atoms with van der Waals surface area (Å²) in [5.41, 5.74) is 4.02. The molecule has 0 aliphatic heterocycles.